The quantitative estimate of drug-likeness (QED) is 0.165. The van der Waals surface area contributed by atoms with Gasteiger partial charge in [-0.2, -0.15) is 0 Å². The smallest absolute Gasteiger partial charge is 0.0641 e. The highest BCUT2D eigenvalue weighted by molar-refractivity contribution is 6.32. The van der Waals surface area contributed by atoms with E-state index >= 15 is 0 Å². The molecular weight excluding hydrogens is 945 g/mol. The van der Waals surface area contributed by atoms with Crippen molar-refractivity contribution in [2.45, 2.75) is 132 Å². The van der Waals surface area contributed by atoms with Gasteiger partial charge in [0.15, 0.2) is 0 Å². The van der Waals surface area contributed by atoms with Crippen LogP contribution in [0.25, 0.3) is 76.2 Å². The number of hydrogen-bond donors (Lipinski definition) is 0. The van der Waals surface area contributed by atoms with Gasteiger partial charge in [0.25, 0.3) is 0 Å². The first-order chi connectivity index (χ1) is 36.9. The number of anilines is 6. The zero-order chi connectivity index (χ0) is 54.9. The minimum absolute atomic E-state index is 0.0179. The Balaban J connectivity index is 1.15. The van der Waals surface area contributed by atoms with E-state index in [1.807, 2.05) is 0 Å². The van der Waals surface area contributed by atoms with Crippen LogP contribution in [0.15, 0.2) is 158 Å². The Morgan fingerprint density at radius 2 is 0.641 bits per heavy atom. The maximum Gasteiger partial charge on any atom is 0.0641 e. The van der Waals surface area contributed by atoms with Gasteiger partial charge in [-0.05, 0) is 191 Å². The van der Waals surface area contributed by atoms with Crippen molar-refractivity contribution < 1.29 is 0 Å². The van der Waals surface area contributed by atoms with Crippen LogP contribution < -0.4 is 9.80 Å². The molecule has 0 amide bonds. The molecule has 4 heterocycles. The van der Waals surface area contributed by atoms with E-state index in [0.717, 1.165) is 22.7 Å². The van der Waals surface area contributed by atoms with Crippen molar-refractivity contribution in [1.29, 1.82) is 0 Å². The van der Waals surface area contributed by atoms with Gasteiger partial charge in [0.1, 0.15) is 0 Å². The largest absolute Gasteiger partial charge is 0.310 e. The number of fused-ring (bicyclic) bond motifs is 12. The molecule has 0 aliphatic rings. The van der Waals surface area contributed by atoms with Gasteiger partial charge in [-0.3, -0.25) is 0 Å². The molecule has 13 rings (SSSR count). The van der Waals surface area contributed by atoms with Crippen LogP contribution in [0.1, 0.15) is 128 Å². The normalized spacial score (nSPS) is 13.1. The van der Waals surface area contributed by atoms with Gasteiger partial charge in [0, 0.05) is 65.8 Å². The molecule has 4 aromatic heterocycles. The molecule has 9 aromatic carbocycles. The van der Waals surface area contributed by atoms with E-state index < -0.39 is 0 Å². The highest BCUT2D eigenvalue weighted by Gasteiger charge is 2.31. The van der Waals surface area contributed by atoms with Gasteiger partial charge in [-0.15, -0.1) is 0 Å². The predicted octanol–water partition coefficient (Wildman–Crippen LogP) is 21.4. The molecule has 0 saturated carbocycles. The molecule has 4 nitrogen and oxygen atoms in total. The molecule has 0 N–H and O–H groups in total. The van der Waals surface area contributed by atoms with Crippen molar-refractivity contribution in [3.8, 4) is 0 Å². The minimum Gasteiger partial charge on any atom is -0.310 e. The zero-order valence-electron chi connectivity index (χ0n) is 48.8. The molecule has 0 bridgehead atoms. The molecular formula is C74H74N4. The SMILES string of the molecule is Cc1ccc(N(c2cccc(C(C)(C)C)c2)c2ccc3c4cc5c(cc4n4c6ccc(C(C)(C)C)cc6c2c34)c2ccc(N(c3cccc(C(C)(C)C)c3)c3ccc(C)c(C)c3)c3c4cc(C(C)(C)C)ccc4n5c23)cc1C. The van der Waals surface area contributed by atoms with Gasteiger partial charge < -0.3 is 18.6 Å². The second kappa shape index (κ2) is 16.8. The summed E-state index contributed by atoms with van der Waals surface area (Å²) >= 11 is 0. The van der Waals surface area contributed by atoms with Gasteiger partial charge in [0.2, 0.25) is 0 Å². The van der Waals surface area contributed by atoms with Crippen molar-refractivity contribution >= 4 is 110 Å². The molecule has 78 heavy (non-hydrogen) atoms. The van der Waals surface area contributed by atoms with Crippen molar-refractivity contribution in [3.05, 3.63) is 202 Å². The molecule has 13 aromatic rings. The summed E-state index contributed by atoms with van der Waals surface area (Å²) in [5.41, 5.74) is 24.8. The van der Waals surface area contributed by atoms with Gasteiger partial charge in [-0.1, -0.05) is 144 Å². The third kappa shape index (κ3) is 7.53. The lowest BCUT2D eigenvalue weighted by Crippen LogP contribution is -2.15. The average molecular weight is 1020 g/mol. The summed E-state index contributed by atoms with van der Waals surface area (Å²) in [6, 6.07) is 61.6. The number of rotatable bonds is 6. The highest BCUT2D eigenvalue weighted by atomic mass is 15.2. The summed E-state index contributed by atoms with van der Waals surface area (Å²) in [6.45, 7) is 36.8. The van der Waals surface area contributed by atoms with Crippen LogP contribution in [0.4, 0.5) is 34.1 Å². The number of aryl methyl sites for hydroxylation is 4. The lowest BCUT2D eigenvalue weighted by Gasteiger charge is -2.29. The summed E-state index contributed by atoms with van der Waals surface area (Å²) in [5, 5.41) is 10.2. The Labute approximate surface area is 461 Å². The standard InChI is InChI=1S/C74H74N4/c1-43-23-27-53(35-45(43)3)75(51-21-17-19-47(37-51)71(5,6)7)63-33-29-55-57-41-66-58(42-65(57)77-61-31-25-49(73(11,12)13)39-59(61)67(63)69(55)77)56-30-34-64(68-60-40-50(74(14,15)16)26-32-62(60)78(66)70(56)68)76(54-28-24-44(2)46(4)36-54)52-22-18-20-48(38-52)72(8,9)10/h17-42H,1-16H3. The average Bonchev–Trinajstić information content (AvgIpc) is 3.98. The predicted molar refractivity (Wildman–Crippen MR) is 339 cm³/mol. The fraction of sp³-hybridized carbons (Fsp3) is 0.270. The topological polar surface area (TPSA) is 15.3 Å². The van der Waals surface area contributed by atoms with Crippen LogP contribution in [0.5, 0.6) is 0 Å². The lowest BCUT2D eigenvalue weighted by molar-refractivity contribution is 0.590. The molecule has 0 spiro atoms. The molecule has 0 aliphatic heterocycles. The number of hydrogen-bond acceptors (Lipinski definition) is 2. The fourth-order valence-electron chi connectivity index (χ4n) is 12.7. The lowest BCUT2D eigenvalue weighted by atomic mass is 9.86. The van der Waals surface area contributed by atoms with Crippen molar-refractivity contribution in [3.63, 3.8) is 0 Å². The third-order valence-electron chi connectivity index (χ3n) is 17.6. The first-order valence-electron chi connectivity index (χ1n) is 28.3. The Bertz CT molecular complexity index is 4290. The van der Waals surface area contributed by atoms with Crippen LogP contribution in [0, 0.1) is 27.7 Å². The monoisotopic (exact) mass is 1020 g/mol. The minimum atomic E-state index is -0.0390. The summed E-state index contributed by atoms with van der Waals surface area (Å²) < 4.78 is 5.21. The van der Waals surface area contributed by atoms with Crippen LogP contribution in [-0.4, -0.2) is 8.80 Å². The van der Waals surface area contributed by atoms with E-state index in [9.17, 15) is 0 Å². The number of aromatic nitrogens is 2. The Morgan fingerprint density at radius 1 is 0.282 bits per heavy atom. The number of nitrogens with zero attached hydrogens (tertiary/aromatic N) is 4. The second-order valence-electron chi connectivity index (χ2n) is 27.0. The zero-order valence-corrected chi connectivity index (χ0v) is 48.8. The fourth-order valence-corrected chi connectivity index (χ4v) is 12.7. The van der Waals surface area contributed by atoms with Crippen LogP contribution in [0.3, 0.4) is 0 Å². The van der Waals surface area contributed by atoms with E-state index in [2.05, 4.69) is 287 Å². The highest BCUT2D eigenvalue weighted by Crippen LogP contribution is 2.52. The molecule has 0 radical (unpaired) electrons. The molecule has 390 valence electrons. The van der Waals surface area contributed by atoms with Crippen LogP contribution in [0.2, 0.25) is 0 Å². The van der Waals surface area contributed by atoms with Crippen molar-refractivity contribution in [2.75, 3.05) is 9.80 Å². The summed E-state index contributed by atoms with van der Waals surface area (Å²) in [6.07, 6.45) is 0. The first kappa shape index (κ1) is 49.7. The number of benzene rings is 9. The molecule has 0 unspecified atom stereocenters. The van der Waals surface area contributed by atoms with Crippen molar-refractivity contribution in [2.24, 2.45) is 0 Å². The van der Waals surface area contributed by atoms with Gasteiger partial charge in [-0.25, -0.2) is 0 Å². The van der Waals surface area contributed by atoms with E-state index in [4.69, 9.17) is 0 Å². The third-order valence-corrected chi connectivity index (χ3v) is 17.6. The van der Waals surface area contributed by atoms with E-state index in [1.165, 1.54) is 132 Å². The summed E-state index contributed by atoms with van der Waals surface area (Å²) in [7, 11) is 0. The summed E-state index contributed by atoms with van der Waals surface area (Å²) in [5.74, 6) is 0. The Kier molecular flexibility index (Phi) is 10.7. The molecule has 4 heteroatoms. The van der Waals surface area contributed by atoms with E-state index in [-0.39, 0.29) is 21.7 Å². The molecule has 0 aliphatic carbocycles. The second-order valence-corrected chi connectivity index (χ2v) is 27.0. The Hall–Kier alpha value is -7.82. The Morgan fingerprint density at radius 3 is 1.00 bits per heavy atom. The summed E-state index contributed by atoms with van der Waals surface area (Å²) in [4.78, 5) is 5.06. The van der Waals surface area contributed by atoms with Gasteiger partial charge in [0.05, 0.1) is 44.5 Å². The van der Waals surface area contributed by atoms with Crippen LogP contribution >= 0.6 is 0 Å². The maximum absolute atomic E-state index is 2.60. The van der Waals surface area contributed by atoms with E-state index in [0.29, 0.717) is 0 Å². The first-order valence-corrected chi connectivity index (χ1v) is 28.3. The van der Waals surface area contributed by atoms with E-state index in [1.54, 1.807) is 0 Å². The molecule has 0 atom stereocenters. The van der Waals surface area contributed by atoms with Crippen LogP contribution in [-0.2, 0) is 21.7 Å². The van der Waals surface area contributed by atoms with Crippen molar-refractivity contribution in [1.82, 2.24) is 8.80 Å². The molecule has 0 fully saturated rings. The molecule has 0 saturated heterocycles. The maximum atomic E-state index is 2.60. The van der Waals surface area contributed by atoms with Gasteiger partial charge >= 0.3 is 0 Å².